The van der Waals surface area contributed by atoms with Crippen molar-refractivity contribution in [2.24, 2.45) is 0 Å². The number of rotatable bonds is 4. The van der Waals surface area contributed by atoms with Crippen molar-refractivity contribution in [2.45, 2.75) is 31.2 Å². The highest BCUT2D eigenvalue weighted by Crippen LogP contribution is 2.34. The van der Waals surface area contributed by atoms with Crippen LogP contribution in [0.15, 0.2) is 24.3 Å². The molecular weight excluding hydrogens is 256 g/mol. The van der Waals surface area contributed by atoms with Crippen LogP contribution in [0.4, 0.5) is 10.5 Å². The smallest absolute Gasteiger partial charge is 0.319 e. The van der Waals surface area contributed by atoms with Crippen LogP contribution in [0.25, 0.3) is 0 Å². The maximum atomic E-state index is 11.9. The number of benzene rings is 1. The number of carbonyl (C=O) groups excluding carboxylic acids is 1. The molecule has 3 N–H and O–H groups in total. The Bertz CT molecular complexity index is 571. The number of urea groups is 1. The predicted octanol–water partition coefficient (Wildman–Crippen LogP) is 2.19. The first kappa shape index (κ1) is 13.9. The maximum absolute atomic E-state index is 11.9. The SMILES string of the molecule is C#Cc1cccc(NC(=O)NC2(CC(=O)O)CCC2)c1. The van der Waals surface area contributed by atoms with E-state index < -0.39 is 17.5 Å². The number of carbonyl (C=O) groups is 2. The van der Waals surface area contributed by atoms with Crippen molar-refractivity contribution in [2.75, 3.05) is 5.32 Å². The Labute approximate surface area is 117 Å². The number of hydrogen-bond acceptors (Lipinski definition) is 2. The van der Waals surface area contributed by atoms with E-state index in [1.807, 2.05) is 0 Å². The average molecular weight is 272 g/mol. The highest BCUT2D eigenvalue weighted by Gasteiger charge is 2.40. The molecule has 0 radical (unpaired) electrons. The lowest BCUT2D eigenvalue weighted by molar-refractivity contribution is -0.139. The molecule has 1 aliphatic carbocycles. The number of nitrogens with one attached hydrogen (secondary N) is 2. The van der Waals surface area contributed by atoms with Crippen LogP contribution >= 0.6 is 0 Å². The fourth-order valence-electron chi connectivity index (χ4n) is 2.33. The molecule has 0 bridgehead atoms. The van der Waals surface area contributed by atoms with E-state index in [1.54, 1.807) is 24.3 Å². The van der Waals surface area contributed by atoms with Gasteiger partial charge in [0.2, 0.25) is 0 Å². The fraction of sp³-hybridized carbons (Fsp3) is 0.333. The van der Waals surface area contributed by atoms with E-state index in [0.29, 0.717) is 24.1 Å². The molecule has 0 saturated heterocycles. The maximum Gasteiger partial charge on any atom is 0.319 e. The van der Waals surface area contributed by atoms with Gasteiger partial charge in [-0.25, -0.2) is 4.79 Å². The summed E-state index contributed by atoms with van der Waals surface area (Å²) in [6.07, 6.45) is 7.56. The Balaban J connectivity index is 1.98. The molecule has 0 aromatic heterocycles. The molecule has 1 aromatic carbocycles. The zero-order valence-electron chi connectivity index (χ0n) is 11.0. The minimum absolute atomic E-state index is 0.0508. The van der Waals surface area contributed by atoms with Crippen molar-refractivity contribution in [1.82, 2.24) is 5.32 Å². The van der Waals surface area contributed by atoms with Gasteiger partial charge < -0.3 is 15.7 Å². The van der Waals surface area contributed by atoms with Crippen molar-refractivity contribution in [3.8, 4) is 12.3 Å². The quantitative estimate of drug-likeness (QED) is 0.735. The van der Waals surface area contributed by atoms with Crippen LogP contribution in [0, 0.1) is 12.3 Å². The first-order chi connectivity index (χ1) is 9.53. The number of anilines is 1. The van der Waals surface area contributed by atoms with Gasteiger partial charge in [0.05, 0.1) is 12.0 Å². The molecular formula is C15H16N2O3. The van der Waals surface area contributed by atoms with Gasteiger partial charge in [0.15, 0.2) is 0 Å². The van der Waals surface area contributed by atoms with Crippen molar-refractivity contribution < 1.29 is 14.7 Å². The number of carboxylic acid groups (broad SMARTS) is 1. The second-order valence-electron chi connectivity index (χ2n) is 5.01. The number of amides is 2. The standard InChI is InChI=1S/C15H16N2O3/c1-2-11-5-3-6-12(9-11)16-14(20)17-15(7-4-8-15)10-13(18)19/h1,3,5-6,9H,4,7-8,10H2,(H,18,19)(H2,16,17,20). The third-order valence-electron chi connectivity index (χ3n) is 3.47. The number of carboxylic acids is 1. The van der Waals surface area contributed by atoms with Gasteiger partial charge in [0.1, 0.15) is 0 Å². The predicted molar refractivity (Wildman–Crippen MR) is 75.4 cm³/mol. The highest BCUT2D eigenvalue weighted by molar-refractivity contribution is 5.90. The summed E-state index contributed by atoms with van der Waals surface area (Å²) in [5, 5.41) is 14.3. The van der Waals surface area contributed by atoms with Gasteiger partial charge in [0, 0.05) is 11.3 Å². The molecule has 1 aliphatic rings. The van der Waals surface area contributed by atoms with E-state index in [2.05, 4.69) is 16.6 Å². The molecule has 0 heterocycles. The van der Waals surface area contributed by atoms with Crippen LogP contribution in [-0.4, -0.2) is 22.6 Å². The third kappa shape index (κ3) is 3.29. The van der Waals surface area contributed by atoms with Crippen LogP contribution in [0.3, 0.4) is 0 Å². The summed E-state index contributed by atoms with van der Waals surface area (Å²) in [6.45, 7) is 0. The lowest BCUT2D eigenvalue weighted by Crippen LogP contribution is -2.55. The molecule has 1 aromatic rings. The number of hydrogen-bond donors (Lipinski definition) is 3. The van der Waals surface area contributed by atoms with E-state index in [-0.39, 0.29) is 6.42 Å². The average Bonchev–Trinajstić information content (AvgIpc) is 2.35. The summed E-state index contributed by atoms with van der Waals surface area (Å²) < 4.78 is 0. The van der Waals surface area contributed by atoms with Gasteiger partial charge in [-0.15, -0.1) is 6.42 Å². The monoisotopic (exact) mass is 272 g/mol. The third-order valence-corrected chi connectivity index (χ3v) is 3.47. The van der Waals surface area contributed by atoms with E-state index in [9.17, 15) is 9.59 Å². The summed E-state index contributed by atoms with van der Waals surface area (Å²) in [5.74, 6) is 1.58. The van der Waals surface area contributed by atoms with Crippen LogP contribution in [0.2, 0.25) is 0 Å². The zero-order valence-corrected chi connectivity index (χ0v) is 11.0. The van der Waals surface area contributed by atoms with Gasteiger partial charge in [-0.05, 0) is 37.5 Å². The minimum Gasteiger partial charge on any atom is -0.481 e. The van der Waals surface area contributed by atoms with Crippen LogP contribution in [-0.2, 0) is 4.79 Å². The van der Waals surface area contributed by atoms with E-state index >= 15 is 0 Å². The fourth-order valence-corrected chi connectivity index (χ4v) is 2.33. The zero-order chi connectivity index (χ0) is 14.6. The molecule has 0 unspecified atom stereocenters. The van der Waals surface area contributed by atoms with E-state index in [1.165, 1.54) is 0 Å². The molecule has 1 saturated carbocycles. The summed E-state index contributed by atoms with van der Waals surface area (Å²) >= 11 is 0. The normalized spacial score (nSPS) is 15.6. The Morgan fingerprint density at radius 3 is 2.70 bits per heavy atom. The van der Waals surface area contributed by atoms with E-state index in [4.69, 9.17) is 11.5 Å². The molecule has 1 fully saturated rings. The van der Waals surface area contributed by atoms with Gasteiger partial charge in [-0.1, -0.05) is 12.0 Å². The van der Waals surface area contributed by atoms with Crippen LogP contribution in [0.5, 0.6) is 0 Å². The Morgan fingerprint density at radius 1 is 1.40 bits per heavy atom. The highest BCUT2D eigenvalue weighted by atomic mass is 16.4. The van der Waals surface area contributed by atoms with Crippen molar-refractivity contribution in [1.29, 1.82) is 0 Å². The minimum atomic E-state index is -0.903. The second-order valence-corrected chi connectivity index (χ2v) is 5.01. The lowest BCUT2D eigenvalue weighted by atomic mass is 9.74. The van der Waals surface area contributed by atoms with Gasteiger partial charge in [0.25, 0.3) is 0 Å². The van der Waals surface area contributed by atoms with Gasteiger partial charge in [-0.3, -0.25) is 4.79 Å². The molecule has 20 heavy (non-hydrogen) atoms. The largest absolute Gasteiger partial charge is 0.481 e. The lowest BCUT2D eigenvalue weighted by Gasteiger charge is -2.41. The molecule has 104 valence electrons. The Kier molecular flexibility index (Phi) is 3.94. The van der Waals surface area contributed by atoms with Gasteiger partial charge in [-0.2, -0.15) is 0 Å². The first-order valence-electron chi connectivity index (χ1n) is 6.41. The van der Waals surface area contributed by atoms with Crippen molar-refractivity contribution >= 4 is 17.7 Å². The summed E-state index contributed by atoms with van der Waals surface area (Å²) in [7, 11) is 0. The second kappa shape index (κ2) is 5.66. The Hall–Kier alpha value is -2.48. The number of aliphatic carboxylic acids is 1. The molecule has 0 spiro atoms. The summed E-state index contributed by atoms with van der Waals surface area (Å²) in [4.78, 5) is 22.8. The molecule has 5 nitrogen and oxygen atoms in total. The molecule has 2 amide bonds. The summed E-state index contributed by atoms with van der Waals surface area (Å²) in [6, 6.07) is 6.53. The topological polar surface area (TPSA) is 78.4 Å². The number of terminal acetylenes is 1. The van der Waals surface area contributed by atoms with Crippen LogP contribution in [0.1, 0.15) is 31.2 Å². The molecule has 0 atom stereocenters. The van der Waals surface area contributed by atoms with Gasteiger partial charge >= 0.3 is 12.0 Å². The van der Waals surface area contributed by atoms with Crippen molar-refractivity contribution in [3.05, 3.63) is 29.8 Å². The Morgan fingerprint density at radius 2 is 2.15 bits per heavy atom. The van der Waals surface area contributed by atoms with E-state index in [0.717, 1.165) is 6.42 Å². The summed E-state index contributed by atoms with van der Waals surface area (Å²) in [5.41, 5.74) is 0.647. The molecule has 0 aliphatic heterocycles. The first-order valence-corrected chi connectivity index (χ1v) is 6.41. The molecule has 2 rings (SSSR count). The van der Waals surface area contributed by atoms with Crippen LogP contribution < -0.4 is 10.6 Å². The van der Waals surface area contributed by atoms with Crippen molar-refractivity contribution in [3.63, 3.8) is 0 Å². The molecule has 5 heteroatoms.